The Morgan fingerprint density at radius 2 is 2.33 bits per heavy atom. The van der Waals surface area contributed by atoms with Crippen LogP contribution in [0.4, 0.5) is 0 Å². The zero-order valence-electron chi connectivity index (χ0n) is 3.81. The Hall–Kier alpha value is 0.350. The van der Waals surface area contributed by atoms with Gasteiger partial charge in [0, 0.05) is 6.26 Å². The van der Waals surface area contributed by atoms with Crippen LogP contribution in [-0.2, 0) is 0 Å². The van der Waals surface area contributed by atoms with E-state index in [1.54, 1.807) is 11.8 Å². The second-order valence-electron chi connectivity index (χ2n) is 1.81. The van der Waals surface area contributed by atoms with Crippen molar-refractivity contribution in [2.75, 3.05) is 5.75 Å². The second kappa shape index (κ2) is 1.87. The number of hydrogen-bond donors (Lipinski definition) is 0. The molecule has 1 aliphatic rings. The van der Waals surface area contributed by atoms with E-state index < -0.39 is 0 Å². The fourth-order valence-electron chi connectivity index (χ4n) is 0.451. The summed E-state index contributed by atoms with van der Waals surface area (Å²) in [4.78, 5) is 0. The molecule has 0 saturated heterocycles. The smallest absolute Gasteiger partial charge is 0.00236 e. The summed E-state index contributed by atoms with van der Waals surface area (Å²) < 4.78 is 0. The van der Waals surface area contributed by atoms with Crippen molar-refractivity contribution < 1.29 is 0 Å². The first-order valence-electron chi connectivity index (χ1n) is 2.30. The number of thioether (sulfide) groups is 1. The van der Waals surface area contributed by atoms with Crippen LogP contribution in [0, 0.1) is 12.2 Å². The van der Waals surface area contributed by atoms with Crippen LogP contribution >= 0.6 is 11.8 Å². The molecule has 1 fully saturated rings. The molecular weight excluding hydrogens is 92.1 g/mol. The van der Waals surface area contributed by atoms with E-state index in [0.29, 0.717) is 0 Å². The highest BCUT2D eigenvalue weighted by Crippen LogP contribution is 2.31. The molecule has 0 unspecified atom stereocenters. The Labute approximate surface area is 43.3 Å². The molecule has 1 rings (SSSR count). The predicted molar refractivity (Wildman–Crippen MR) is 30.5 cm³/mol. The zero-order valence-corrected chi connectivity index (χ0v) is 4.63. The third-order valence-corrected chi connectivity index (χ3v) is 1.76. The van der Waals surface area contributed by atoms with E-state index in [1.165, 1.54) is 18.6 Å². The fourth-order valence-corrected chi connectivity index (χ4v) is 1.12. The van der Waals surface area contributed by atoms with Gasteiger partial charge in [0.05, 0.1) is 0 Å². The highest BCUT2D eigenvalue weighted by atomic mass is 32.2. The van der Waals surface area contributed by atoms with Gasteiger partial charge in [-0.1, -0.05) is 0 Å². The van der Waals surface area contributed by atoms with Crippen LogP contribution in [-0.4, -0.2) is 5.75 Å². The molecule has 35 valence electrons. The van der Waals surface area contributed by atoms with Crippen LogP contribution in [0.5, 0.6) is 0 Å². The molecule has 1 aliphatic carbocycles. The van der Waals surface area contributed by atoms with Gasteiger partial charge in [-0.15, -0.1) is 0 Å². The van der Waals surface area contributed by atoms with Gasteiger partial charge in [-0.05, 0) is 24.5 Å². The normalized spacial score (nSPS) is 21.5. The molecular formula is C5H9S. The van der Waals surface area contributed by atoms with Gasteiger partial charge in [-0.25, -0.2) is 0 Å². The van der Waals surface area contributed by atoms with Crippen LogP contribution < -0.4 is 0 Å². The van der Waals surface area contributed by atoms with Crippen molar-refractivity contribution in [1.82, 2.24) is 0 Å². The van der Waals surface area contributed by atoms with E-state index in [4.69, 9.17) is 0 Å². The van der Waals surface area contributed by atoms with Crippen LogP contribution in [0.2, 0.25) is 0 Å². The average Bonchev–Trinajstić information content (AvgIpc) is 2.21. The molecule has 0 bridgehead atoms. The molecule has 0 aromatic carbocycles. The maximum Gasteiger partial charge on any atom is 0.00236 e. The number of hydrogen-bond acceptors (Lipinski definition) is 1. The second-order valence-corrected chi connectivity index (χ2v) is 2.56. The maximum absolute atomic E-state index is 3.68. The molecule has 0 N–H and O–H groups in total. The summed E-state index contributed by atoms with van der Waals surface area (Å²) >= 11 is 1.72. The largest absolute Gasteiger partial charge is 0.161 e. The van der Waals surface area contributed by atoms with E-state index in [0.717, 1.165) is 5.92 Å². The molecule has 1 saturated carbocycles. The molecule has 0 atom stereocenters. The zero-order chi connectivity index (χ0) is 4.41. The minimum Gasteiger partial charge on any atom is -0.161 e. The third kappa shape index (κ3) is 1.21. The van der Waals surface area contributed by atoms with Gasteiger partial charge < -0.3 is 0 Å². The molecule has 0 aromatic rings. The first-order chi connectivity index (χ1) is 2.93. The molecule has 0 amide bonds. The van der Waals surface area contributed by atoms with Crippen LogP contribution in [0.15, 0.2) is 0 Å². The minimum absolute atomic E-state index is 1.05. The predicted octanol–water partition coefficient (Wildman–Crippen LogP) is 1.92. The third-order valence-electron chi connectivity index (χ3n) is 1.05. The molecule has 0 heterocycles. The highest BCUT2D eigenvalue weighted by molar-refractivity contribution is 8.00. The molecule has 6 heavy (non-hydrogen) atoms. The van der Waals surface area contributed by atoms with Crippen molar-refractivity contribution in [3.8, 4) is 0 Å². The van der Waals surface area contributed by atoms with E-state index in [9.17, 15) is 0 Å². The quantitative estimate of drug-likeness (QED) is 0.512. The van der Waals surface area contributed by atoms with Crippen molar-refractivity contribution in [3.63, 3.8) is 0 Å². The number of rotatable bonds is 2. The first kappa shape index (κ1) is 4.51. The Morgan fingerprint density at radius 1 is 1.67 bits per heavy atom. The van der Waals surface area contributed by atoms with Gasteiger partial charge >= 0.3 is 0 Å². The van der Waals surface area contributed by atoms with Crippen molar-refractivity contribution in [2.45, 2.75) is 12.8 Å². The van der Waals surface area contributed by atoms with Crippen LogP contribution in [0.25, 0.3) is 0 Å². The van der Waals surface area contributed by atoms with Gasteiger partial charge in [0.25, 0.3) is 0 Å². The molecule has 1 radical (unpaired) electrons. The van der Waals surface area contributed by atoms with E-state index in [2.05, 4.69) is 6.26 Å². The van der Waals surface area contributed by atoms with Crippen LogP contribution in [0.3, 0.4) is 0 Å². The van der Waals surface area contributed by atoms with E-state index in [-0.39, 0.29) is 0 Å². The molecule has 0 nitrogen and oxygen atoms in total. The van der Waals surface area contributed by atoms with Gasteiger partial charge in [-0.3, -0.25) is 0 Å². The Kier molecular flexibility index (Phi) is 1.41. The Bertz CT molecular complexity index is 39.2. The van der Waals surface area contributed by atoms with Gasteiger partial charge in [0.1, 0.15) is 0 Å². The lowest BCUT2D eigenvalue weighted by atomic mass is 10.5. The topological polar surface area (TPSA) is 0 Å². The average molecular weight is 101 g/mol. The van der Waals surface area contributed by atoms with Gasteiger partial charge in [0.15, 0.2) is 0 Å². The van der Waals surface area contributed by atoms with Crippen molar-refractivity contribution in [2.24, 2.45) is 5.92 Å². The minimum atomic E-state index is 1.05. The molecule has 0 aromatic heterocycles. The standard InChI is InChI=1S/C5H9S/c1-6-4-5-2-3-5/h5H,1-4H2. The van der Waals surface area contributed by atoms with E-state index >= 15 is 0 Å². The van der Waals surface area contributed by atoms with Crippen molar-refractivity contribution in [3.05, 3.63) is 6.26 Å². The summed E-state index contributed by atoms with van der Waals surface area (Å²) in [6, 6.07) is 0. The van der Waals surface area contributed by atoms with E-state index in [1.807, 2.05) is 0 Å². The van der Waals surface area contributed by atoms with Gasteiger partial charge in [-0.2, -0.15) is 11.8 Å². The monoisotopic (exact) mass is 101 g/mol. The summed E-state index contributed by atoms with van der Waals surface area (Å²) in [5, 5.41) is 0. The van der Waals surface area contributed by atoms with Crippen LogP contribution in [0.1, 0.15) is 12.8 Å². The highest BCUT2D eigenvalue weighted by Gasteiger charge is 2.19. The lowest BCUT2D eigenvalue weighted by Gasteiger charge is -1.83. The van der Waals surface area contributed by atoms with Crippen molar-refractivity contribution >= 4 is 11.8 Å². The lowest BCUT2D eigenvalue weighted by Crippen LogP contribution is -1.72. The summed E-state index contributed by atoms with van der Waals surface area (Å²) in [7, 11) is 0. The SMILES string of the molecule is [CH2]SCC1CC1. The Morgan fingerprint density at radius 3 is 2.50 bits per heavy atom. The van der Waals surface area contributed by atoms with Gasteiger partial charge in [0.2, 0.25) is 0 Å². The summed E-state index contributed by atoms with van der Waals surface area (Å²) in [5.74, 6) is 2.34. The summed E-state index contributed by atoms with van der Waals surface area (Å²) in [5.41, 5.74) is 0. The summed E-state index contributed by atoms with van der Waals surface area (Å²) in [6.45, 7) is 0. The first-order valence-corrected chi connectivity index (χ1v) is 3.46. The van der Waals surface area contributed by atoms with Crippen molar-refractivity contribution in [1.29, 1.82) is 0 Å². The molecule has 0 spiro atoms. The lowest BCUT2D eigenvalue weighted by molar-refractivity contribution is 1.00. The maximum atomic E-state index is 3.68. The molecule has 0 aliphatic heterocycles. The summed E-state index contributed by atoms with van der Waals surface area (Å²) in [6.07, 6.45) is 6.60. The molecule has 1 heteroatoms. The fraction of sp³-hybridized carbons (Fsp3) is 0.800. The Balaban J connectivity index is 1.88.